The van der Waals surface area contributed by atoms with Gasteiger partial charge in [0.05, 0.1) is 18.6 Å². The number of ether oxygens (including phenoxy) is 1. The van der Waals surface area contributed by atoms with Gasteiger partial charge in [-0.05, 0) is 59.7 Å². The van der Waals surface area contributed by atoms with Crippen LogP contribution in [0.4, 0.5) is 5.69 Å². The Hall–Kier alpha value is -2.66. The summed E-state index contributed by atoms with van der Waals surface area (Å²) in [6.07, 6.45) is 3.64. The summed E-state index contributed by atoms with van der Waals surface area (Å²) >= 11 is 0. The molecule has 3 rings (SSSR count). The fourth-order valence-electron chi connectivity index (χ4n) is 3.26. The maximum Gasteiger partial charge on any atom is 0.335 e. The second kappa shape index (κ2) is 7.49. The van der Waals surface area contributed by atoms with E-state index in [2.05, 4.69) is 17.4 Å². The molecule has 2 N–H and O–H groups in total. The highest BCUT2D eigenvalue weighted by Gasteiger charge is 2.13. The van der Waals surface area contributed by atoms with Crippen LogP contribution in [0.15, 0.2) is 36.4 Å². The second-order valence-electron chi connectivity index (χ2n) is 6.34. The maximum atomic E-state index is 12.3. The van der Waals surface area contributed by atoms with E-state index >= 15 is 0 Å². The summed E-state index contributed by atoms with van der Waals surface area (Å²) in [5, 5.41) is 12.0. The number of carboxylic acid groups (broad SMARTS) is 1. The number of carbonyl (C=O) groups excluding carboxylic acids is 1. The first kappa shape index (κ1) is 17.2. The quantitative estimate of drug-likeness (QED) is 0.847. The van der Waals surface area contributed by atoms with Gasteiger partial charge in [0.1, 0.15) is 0 Å². The van der Waals surface area contributed by atoms with Crippen LogP contribution in [0.5, 0.6) is 0 Å². The number of fused-ring (bicyclic) bond motifs is 1. The van der Waals surface area contributed by atoms with Gasteiger partial charge in [0.15, 0.2) is 0 Å². The summed E-state index contributed by atoms with van der Waals surface area (Å²) in [5.74, 6) is -1.20. The molecule has 0 aromatic heterocycles. The number of carbonyl (C=O) groups is 2. The first-order valence-corrected chi connectivity index (χ1v) is 8.32. The fourth-order valence-corrected chi connectivity index (χ4v) is 3.26. The highest BCUT2D eigenvalue weighted by Crippen LogP contribution is 2.23. The van der Waals surface area contributed by atoms with Crippen molar-refractivity contribution in [2.45, 2.75) is 32.3 Å². The number of nitrogens with one attached hydrogen (secondary N) is 1. The van der Waals surface area contributed by atoms with Gasteiger partial charge in [-0.3, -0.25) is 4.79 Å². The van der Waals surface area contributed by atoms with Gasteiger partial charge >= 0.3 is 5.97 Å². The molecule has 0 fully saturated rings. The average molecular weight is 339 g/mol. The van der Waals surface area contributed by atoms with Crippen LogP contribution in [0.1, 0.15) is 39.0 Å². The van der Waals surface area contributed by atoms with Crippen molar-refractivity contribution >= 4 is 17.6 Å². The van der Waals surface area contributed by atoms with Crippen molar-refractivity contribution in [3.8, 4) is 0 Å². The Morgan fingerprint density at radius 3 is 2.64 bits per heavy atom. The van der Waals surface area contributed by atoms with Crippen molar-refractivity contribution in [3.05, 3.63) is 64.2 Å². The lowest BCUT2D eigenvalue weighted by Crippen LogP contribution is -2.15. The summed E-state index contributed by atoms with van der Waals surface area (Å²) in [5.41, 5.74) is 4.99. The van der Waals surface area contributed by atoms with Crippen molar-refractivity contribution < 1.29 is 19.4 Å². The van der Waals surface area contributed by atoms with E-state index in [9.17, 15) is 14.7 Å². The van der Waals surface area contributed by atoms with Crippen molar-refractivity contribution in [1.29, 1.82) is 0 Å². The largest absolute Gasteiger partial charge is 0.478 e. The number of carboxylic acids is 1. The molecule has 1 aliphatic carbocycles. The van der Waals surface area contributed by atoms with Crippen LogP contribution in [0.2, 0.25) is 0 Å². The molecular weight excluding hydrogens is 318 g/mol. The number of anilines is 1. The molecule has 0 bridgehead atoms. The predicted molar refractivity (Wildman–Crippen MR) is 94.9 cm³/mol. The van der Waals surface area contributed by atoms with Gasteiger partial charge in [0.25, 0.3) is 0 Å². The smallest absolute Gasteiger partial charge is 0.335 e. The second-order valence-corrected chi connectivity index (χ2v) is 6.34. The molecule has 130 valence electrons. The Morgan fingerprint density at radius 2 is 1.88 bits per heavy atom. The van der Waals surface area contributed by atoms with E-state index in [0.717, 1.165) is 18.4 Å². The van der Waals surface area contributed by atoms with Crippen LogP contribution in [0.25, 0.3) is 0 Å². The third-order valence-corrected chi connectivity index (χ3v) is 4.36. The number of aromatic carboxylic acids is 1. The van der Waals surface area contributed by atoms with E-state index in [1.54, 1.807) is 19.2 Å². The highest BCUT2D eigenvalue weighted by atomic mass is 16.5. The van der Waals surface area contributed by atoms with Crippen LogP contribution in [0, 0.1) is 0 Å². The van der Waals surface area contributed by atoms with E-state index in [4.69, 9.17) is 4.74 Å². The topological polar surface area (TPSA) is 75.6 Å². The Balaban J connectivity index is 1.72. The molecule has 25 heavy (non-hydrogen) atoms. The van der Waals surface area contributed by atoms with Gasteiger partial charge in [-0.15, -0.1) is 0 Å². The van der Waals surface area contributed by atoms with Crippen LogP contribution in [0.3, 0.4) is 0 Å². The number of hydrogen-bond acceptors (Lipinski definition) is 3. The van der Waals surface area contributed by atoms with E-state index in [1.807, 2.05) is 6.07 Å². The molecule has 0 unspecified atom stereocenters. The zero-order valence-corrected chi connectivity index (χ0v) is 14.2. The third-order valence-electron chi connectivity index (χ3n) is 4.36. The summed E-state index contributed by atoms with van der Waals surface area (Å²) in [6, 6.07) is 10.9. The minimum atomic E-state index is -1.04. The molecule has 0 heterocycles. The van der Waals surface area contributed by atoms with Gasteiger partial charge in [-0.2, -0.15) is 0 Å². The minimum Gasteiger partial charge on any atom is -0.478 e. The lowest BCUT2D eigenvalue weighted by molar-refractivity contribution is -0.115. The van der Waals surface area contributed by atoms with Crippen LogP contribution >= 0.6 is 0 Å². The number of methoxy groups -OCH3 is 1. The molecule has 0 saturated carbocycles. The molecule has 0 atom stereocenters. The predicted octanol–water partition coefficient (Wildman–Crippen LogP) is 3.20. The molecule has 5 nitrogen and oxygen atoms in total. The molecule has 1 aliphatic rings. The minimum absolute atomic E-state index is 0.127. The Bertz CT molecular complexity index is 813. The molecule has 5 heteroatoms. The zero-order valence-electron chi connectivity index (χ0n) is 14.2. The lowest BCUT2D eigenvalue weighted by atomic mass is 10.0. The SMILES string of the molecule is COCc1cc(NC(=O)Cc2ccc3c(c2)CCC3)cc(C(=O)O)c1. The number of benzene rings is 2. The van der Waals surface area contributed by atoms with Gasteiger partial charge in [-0.1, -0.05) is 18.2 Å². The first-order chi connectivity index (χ1) is 12.0. The molecule has 0 saturated heterocycles. The van der Waals surface area contributed by atoms with Gasteiger partial charge in [-0.25, -0.2) is 4.79 Å². The van der Waals surface area contributed by atoms with Crippen molar-refractivity contribution in [1.82, 2.24) is 0 Å². The monoisotopic (exact) mass is 339 g/mol. The average Bonchev–Trinajstić information content (AvgIpc) is 3.02. The zero-order chi connectivity index (χ0) is 17.8. The maximum absolute atomic E-state index is 12.3. The standard InChI is InChI=1S/C20H21NO4/c1-25-12-14-8-17(20(23)24)11-18(9-14)21-19(22)10-13-5-6-15-3-2-4-16(15)7-13/h5-9,11H,2-4,10,12H2,1H3,(H,21,22)(H,23,24). The summed E-state index contributed by atoms with van der Waals surface area (Å²) in [6.45, 7) is 0.287. The molecular formula is C20H21NO4. The molecule has 2 aromatic carbocycles. The molecule has 2 aromatic rings. The first-order valence-electron chi connectivity index (χ1n) is 8.32. The number of hydrogen-bond donors (Lipinski definition) is 2. The van der Waals surface area contributed by atoms with Gasteiger partial charge in [0, 0.05) is 12.8 Å². The van der Waals surface area contributed by atoms with E-state index in [-0.39, 0.29) is 24.5 Å². The van der Waals surface area contributed by atoms with Crippen molar-refractivity contribution in [2.24, 2.45) is 0 Å². The Morgan fingerprint density at radius 1 is 1.08 bits per heavy atom. The van der Waals surface area contributed by atoms with Crippen LogP contribution in [-0.4, -0.2) is 24.1 Å². The van der Waals surface area contributed by atoms with E-state index in [1.165, 1.54) is 23.6 Å². The van der Waals surface area contributed by atoms with Crippen LogP contribution < -0.4 is 5.32 Å². The van der Waals surface area contributed by atoms with Crippen LogP contribution in [-0.2, 0) is 35.4 Å². The lowest BCUT2D eigenvalue weighted by Gasteiger charge is -2.10. The fraction of sp³-hybridized carbons (Fsp3) is 0.300. The number of amides is 1. The van der Waals surface area contributed by atoms with Gasteiger partial charge < -0.3 is 15.2 Å². The molecule has 0 aliphatic heterocycles. The Labute approximate surface area is 146 Å². The Kier molecular flexibility index (Phi) is 5.14. The highest BCUT2D eigenvalue weighted by molar-refractivity contribution is 5.95. The van der Waals surface area contributed by atoms with E-state index in [0.29, 0.717) is 11.3 Å². The molecule has 0 radical (unpaired) electrons. The number of aryl methyl sites for hydroxylation is 2. The van der Waals surface area contributed by atoms with Gasteiger partial charge in [0.2, 0.25) is 5.91 Å². The summed E-state index contributed by atoms with van der Waals surface area (Å²) < 4.78 is 5.06. The van der Waals surface area contributed by atoms with Crippen molar-refractivity contribution in [3.63, 3.8) is 0 Å². The van der Waals surface area contributed by atoms with Crippen molar-refractivity contribution in [2.75, 3.05) is 12.4 Å². The third kappa shape index (κ3) is 4.25. The summed E-state index contributed by atoms with van der Waals surface area (Å²) in [4.78, 5) is 23.6. The molecule has 0 spiro atoms. The summed E-state index contributed by atoms with van der Waals surface area (Å²) in [7, 11) is 1.54. The van der Waals surface area contributed by atoms with E-state index < -0.39 is 5.97 Å². The molecule has 1 amide bonds. The number of rotatable bonds is 6. The normalized spacial score (nSPS) is 12.7.